The number of sulfone groups is 4. The van der Waals surface area contributed by atoms with Crippen LogP contribution < -0.4 is 5.30 Å². The highest BCUT2D eigenvalue weighted by molar-refractivity contribution is 8.12. The van der Waals surface area contributed by atoms with Crippen LogP contribution in [0.25, 0.3) is 0 Å². The lowest BCUT2D eigenvalue weighted by Crippen LogP contribution is -2.15. The Morgan fingerprint density at radius 2 is 1.00 bits per heavy atom. The molecule has 2 heterocycles. The number of hydrogen-bond acceptors (Lipinski definition) is 8. The number of hydrogen-bond donors (Lipinski definition) is 0. The highest BCUT2D eigenvalue weighted by Crippen LogP contribution is 2.40. The molecule has 0 amide bonds. The molecule has 3 rings (SSSR count). The second kappa shape index (κ2) is 3.85. The summed E-state index contributed by atoms with van der Waals surface area (Å²) in [5.41, 5.74) is 0. The van der Waals surface area contributed by atoms with Crippen molar-refractivity contribution in [2.75, 3.05) is 10.2 Å². The van der Waals surface area contributed by atoms with Gasteiger partial charge in [-0.2, -0.15) is 0 Å². The van der Waals surface area contributed by atoms with E-state index >= 15 is 0 Å². The molecule has 0 saturated carbocycles. The van der Waals surface area contributed by atoms with Crippen LogP contribution in [-0.4, -0.2) is 43.8 Å². The summed E-state index contributed by atoms with van der Waals surface area (Å²) in [6.07, 6.45) is 0. The fourth-order valence-electron chi connectivity index (χ4n) is 2.38. The van der Waals surface area contributed by atoms with Crippen molar-refractivity contribution in [3.63, 3.8) is 0 Å². The predicted octanol–water partition coefficient (Wildman–Crippen LogP) is -1.78. The molecule has 8 nitrogen and oxygen atoms in total. The highest BCUT2D eigenvalue weighted by atomic mass is 32.3. The summed E-state index contributed by atoms with van der Waals surface area (Å²) in [6.45, 7) is 0. The predicted molar refractivity (Wildman–Crippen MR) is 74.3 cm³/mol. The Labute approximate surface area is 123 Å². The summed E-state index contributed by atoms with van der Waals surface area (Å²) in [5, 5.41) is -2.82. The van der Waals surface area contributed by atoms with Crippen LogP contribution in [0.5, 0.6) is 0 Å². The number of rotatable bonds is 0. The van der Waals surface area contributed by atoms with Gasteiger partial charge in [0.15, 0.2) is 49.5 Å². The zero-order chi connectivity index (χ0) is 16.0. The second-order valence-corrected chi connectivity index (χ2v) is 13.7. The SMILES string of the molecule is O=S1(=O)CS(=O)(=O)c2c1cc1c(c2P)S(=O)(=O)CS1(=O)=O. The van der Waals surface area contributed by atoms with E-state index in [0.29, 0.717) is 6.07 Å². The van der Waals surface area contributed by atoms with Gasteiger partial charge < -0.3 is 0 Å². The van der Waals surface area contributed by atoms with Crippen molar-refractivity contribution in [1.82, 2.24) is 0 Å². The molecular weight excluding hydrogens is 383 g/mol. The van der Waals surface area contributed by atoms with Gasteiger partial charge in [0.05, 0.1) is 19.6 Å². The van der Waals surface area contributed by atoms with E-state index in [-0.39, 0.29) is 0 Å². The zero-order valence-electron chi connectivity index (χ0n) is 9.97. The van der Waals surface area contributed by atoms with Gasteiger partial charge in [-0.15, -0.1) is 9.24 Å². The highest BCUT2D eigenvalue weighted by Gasteiger charge is 2.48. The fourth-order valence-corrected chi connectivity index (χ4v) is 13.8. The van der Waals surface area contributed by atoms with Crippen molar-refractivity contribution in [3.8, 4) is 0 Å². The average Bonchev–Trinajstić information content (AvgIpc) is 2.52. The summed E-state index contributed by atoms with van der Waals surface area (Å²) in [5.74, 6) is 0. The standard InChI is InChI=1S/C8H7O8PS4/c9-18(10)2-20(13,14)7-4(18)1-5-8(6(7)17)21(15,16)3-19(5,11)12/h1H,2-3,17H2. The molecule has 0 aliphatic carbocycles. The molecular formula is C8H7O8PS4. The minimum Gasteiger partial charge on any atom is -0.223 e. The molecule has 0 fully saturated rings. The van der Waals surface area contributed by atoms with Crippen LogP contribution in [-0.2, 0) is 39.3 Å². The normalized spacial score (nSPS) is 26.1. The summed E-state index contributed by atoms with van der Waals surface area (Å²) in [6, 6.07) is 0.637. The quantitative estimate of drug-likeness (QED) is 0.474. The Morgan fingerprint density at radius 3 is 1.33 bits per heavy atom. The van der Waals surface area contributed by atoms with Crippen LogP contribution in [0.4, 0.5) is 0 Å². The number of fused-ring (bicyclic) bond motifs is 2. The summed E-state index contributed by atoms with van der Waals surface area (Å²) < 4.78 is 95.1. The second-order valence-electron chi connectivity index (χ2n) is 4.64. The molecule has 0 radical (unpaired) electrons. The van der Waals surface area contributed by atoms with Crippen LogP contribution >= 0.6 is 9.24 Å². The minimum atomic E-state index is -4.22. The van der Waals surface area contributed by atoms with E-state index in [2.05, 4.69) is 0 Å². The maximum Gasteiger partial charge on any atom is 0.195 e. The van der Waals surface area contributed by atoms with Crippen LogP contribution in [0, 0.1) is 0 Å². The summed E-state index contributed by atoms with van der Waals surface area (Å²) in [7, 11) is -15.0. The third kappa shape index (κ3) is 1.93. The smallest absolute Gasteiger partial charge is 0.195 e. The molecule has 2 aliphatic heterocycles. The molecule has 1 atom stereocenters. The van der Waals surface area contributed by atoms with E-state index in [4.69, 9.17) is 0 Å². The Bertz CT molecular complexity index is 1030. The molecule has 1 aromatic rings. The van der Waals surface area contributed by atoms with Gasteiger partial charge in [-0.3, -0.25) is 0 Å². The van der Waals surface area contributed by atoms with Crippen LogP contribution in [0.1, 0.15) is 0 Å². The molecule has 0 saturated heterocycles. The van der Waals surface area contributed by atoms with Crippen molar-refractivity contribution in [2.24, 2.45) is 0 Å². The van der Waals surface area contributed by atoms with Crippen LogP contribution in [0.15, 0.2) is 25.6 Å². The first-order valence-corrected chi connectivity index (χ1v) is 12.4. The molecule has 0 spiro atoms. The van der Waals surface area contributed by atoms with Crippen molar-refractivity contribution >= 4 is 53.9 Å². The zero-order valence-corrected chi connectivity index (χ0v) is 14.4. The third-order valence-corrected chi connectivity index (χ3v) is 13.4. The maximum absolute atomic E-state index is 11.9. The first-order valence-electron chi connectivity index (χ1n) is 5.17. The molecule has 0 N–H and O–H groups in total. The molecule has 1 unspecified atom stereocenters. The van der Waals surface area contributed by atoms with Crippen molar-refractivity contribution in [2.45, 2.75) is 19.6 Å². The topological polar surface area (TPSA) is 137 Å². The van der Waals surface area contributed by atoms with Gasteiger partial charge in [0.2, 0.25) is 0 Å². The average molecular weight is 390 g/mol. The largest absolute Gasteiger partial charge is 0.223 e. The number of benzene rings is 1. The maximum atomic E-state index is 11.9. The van der Waals surface area contributed by atoms with Gasteiger partial charge in [-0.1, -0.05) is 0 Å². The molecule has 21 heavy (non-hydrogen) atoms. The Morgan fingerprint density at radius 1 is 0.667 bits per heavy atom. The van der Waals surface area contributed by atoms with Crippen molar-refractivity contribution in [3.05, 3.63) is 6.07 Å². The van der Waals surface area contributed by atoms with Gasteiger partial charge in [0.1, 0.15) is 0 Å². The van der Waals surface area contributed by atoms with Gasteiger partial charge in [-0.25, -0.2) is 33.7 Å². The lowest BCUT2D eigenvalue weighted by atomic mass is 10.3. The minimum absolute atomic E-state index is 0.426. The lowest BCUT2D eigenvalue weighted by molar-refractivity contribution is 0.595. The molecule has 13 heteroatoms. The van der Waals surface area contributed by atoms with Gasteiger partial charge in [0.25, 0.3) is 0 Å². The summed E-state index contributed by atoms with van der Waals surface area (Å²) >= 11 is 0. The first kappa shape index (κ1) is 15.3. The Balaban J connectivity index is 2.66. The first-order chi connectivity index (χ1) is 9.30. The lowest BCUT2D eigenvalue weighted by Gasteiger charge is -2.07. The van der Waals surface area contributed by atoms with E-state index in [1.54, 1.807) is 0 Å². The van der Waals surface area contributed by atoms with Gasteiger partial charge >= 0.3 is 0 Å². The summed E-state index contributed by atoms with van der Waals surface area (Å²) in [4.78, 5) is -2.61. The molecule has 2 aliphatic rings. The molecule has 1 aromatic carbocycles. The van der Waals surface area contributed by atoms with Crippen LogP contribution in [0.2, 0.25) is 0 Å². The van der Waals surface area contributed by atoms with E-state index in [0.717, 1.165) is 0 Å². The molecule has 0 aromatic heterocycles. The Hall–Kier alpha value is -0.550. The van der Waals surface area contributed by atoms with Crippen molar-refractivity contribution < 1.29 is 33.7 Å². The van der Waals surface area contributed by atoms with E-state index in [1.807, 2.05) is 9.24 Å². The third-order valence-electron chi connectivity index (χ3n) is 3.11. The van der Waals surface area contributed by atoms with E-state index in [1.165, 1.54) is 0 Å². The monoisotopic (exact) mass is 390 g/mol. The van der Waals surface area contributed by atoms with Gasteiger partial charge in [0, 0.05) is 5.30 Å². The fraction of sp³-hybridized carbons (Fsp3) is 0.250. The van der Waals surface area contributed by atoms with Crippen molar-refractivity contribution in [1.29, 1.82) is 0 Å². The molecule has 116 valence electrons. The van der Waals surface area contributed by atoms with Gasteiger partial charge in [-0.05, 0) is 6.07 Å². The molecule has 0 bridgehead atoms. The van der Waals surface area contributed by atoms with E-state index < -0.39 is 74.4 Å². The Kier molecular flexibility index (Phi) is 2.82. The van der Waals surface area contributed by atoms with Crippen LogP contribution in [0.3, 0.4) is 0 Å². The van der Waals surface area contributed by atoms with E-state index in [9.17, 15) is 33.7 Å².